The second-order valence-corrected chi connectivity index (χ2v) is 12.9. The van der Waals surface area contributed by atoms with Crippen LogP contribution in [0, 0.1) is 5.41 Å². The number of hydrogen-bond acceptors (Lipinski definition) is 8. The maximum atomic E-state index is 13.2. The van der Waals surface area contributed by atoms with Crippen LogP contribution in [0.3, 0.4) is 0 Å². The van der Waals surface area contributed by atoms with E-state index in [2.05, 4.69) is 14.6 Å². The van der Waals surface area contributed by atoms with Crippen LogP contribution in [0.2, 0.25) is 0 Å². The quantitative estimate of drug-likeness (QED) is 0.556. The first-order valence-corrected chi connectivity index (χ1v) is 14.4. The maximum absolute atomic E-state index is 13.2. The highest BCUT2D eigenvalue weighted by Crippen LogP contribution is 2.28. The zero-order valence-electron chi connectivity index (χ0n) is 20.8. The molecule has 0 unspecified atom stereocenters. The number of nitrogens with one attached hydrogen (secondary N) is 1. The Balaban J connectivity index is 1.33. The Morgan fingerprint density at radius 2 is 1.83 bits per heavy atom. The fourth-order valence-corrected chi connectivity index (χ4v) is 6.43. The van der Waals surface area contributed by atoms with Crippen LogP contribution < -0.4 is 9.62 Å². The largest absolute Gasteiger partial charge is 0.383 e. The fraction of sp³-hybridized carbons (Fsp3) is 0.542. The summed E-state index contributed by atoms with van der Waals surface area (Å²) in [5.74, 6) is -0.276. The molecule has 0 aliphatic carbocycles. The van der Waals surface area contributed by atoms with Crippen molar-refractivity contribution in [3.8, 4) is 0 Å². The van der Waals surface area contributed by atoms with Crippen LogP contribution in [0.4, 0.5) is 10.8 Å². The van der Waals surface area contributed by atoms with Gasteiger partial charge in [0.25, 0.3) is 15.9 Å². The zero-order chi connectivity index (χ0) is 26.1. The van der Waals surface area contributed by atoms with Crippen molar-refractivity contribution in [1.82, 2.24) is 14.8 Å². The summed E-state index contributed by atoms with van der Waals surface area (Å²) < 4.78 is 27.6. The van der Waals surface area contributed by atoms with E-state index in [0.717, 1.165) is 0 Å². The van der Waals surface area contributed by atoms with E-state index in [1.807, 2.05) is 20.8 Å². The normalized spacial score (nSPS) is 20.6. The number of nitrogens with zero attached hydrogens (tertiary/aromatic N) is 4. The third-order valence-electron chi connectivity index (χ3n) is 6.45. The van der Waals surface area contributed by atoms with Crippen LogP contribution in [0.25, 0.3) is 0 Å². The predicted octanol–water partition coefficient (Wildman–Crippen LogP) is 1.99. The summed E-state index contributed by atoms with van der Waals surface area (Å²) >= 11 is 1.19. The van der Waals surface area contributed by atoms with Crippen LogP contribution in [0.5, 0.6) is 0 Å². The van der Waals surface area contributed by atoms with Gasteiger partial charge in [-0.15, -0.1) is 11.3 Å². The summed E-state index contributed by atoms with van der Waals surface area (Å²) in [7, 11) is -3.76. The van der Waals surface area contributed by atoms with E-state index in [9.17, 15) is 23.1 Å². The molecule has 2 fully saturated rings. The molecule has 2 aliphatic heterocycles. The topological polar surface area (TPSA) is 123 Å². The average Bonchev–Trinajstić information content (AvgIpc) is 3.47. The van der Waals surface area contributed by atoms with E-state index in [-0.39, 0.29) is 28.2 Å². The minimum absolute atomic E-state index is 0.0286. The highest BCUT2D eigenvalue weighted by Gasteiger charge is 2.39. The van der Waals surface area contributed by atoms with E-state index < -0.39 is 16.1 Å². The van der Waals surface area contributed by atoms with E-state index in [0.29, 0.717) is 56.4 Å². The molecule has 0 bridgehead atoms. The van der Waals surface area contributed by atoms with Crippen LogP contribution in [-0.4, -0.2) is 85.0 Å². The van der Waals surface area contributed by atoms with Crippen molar-refractivity contribution in [2.75, 3.05) is 42.3 Å². The number of hydrogen-bond donors (Lipinski definition) is 2. The Morgan fingerprint density at radius 1 is 1.17 bits per heavy atom. The molecular weight excluding hydrogens is 502 g/mol. The van der Waals surface area contributed by atoms with Crippen molar-refractivity contribution in [2.45, 2.75) is 50.7 Å². The second kappa shape index (κ2) is 10.4. The van der Waals surface area contributed by atoms with Gasteiger partial charge in [0.1, 0.15) is 6.10 Å². The van der Waals surface area contributed by atoms with Gasteiger partial charge in [-0.2, -0.15) is 0 Å². The lowest BCUT2D eigenvalue weighted by Crippen LogP contribution is -2.55. The summed E-state index contributed by atoms with van der Waals surface area (Å²) in [5, 5.41) is 12.3. The number of aliphatic hydroxyl groups excluding tert-OH is 1. The van der Waals surface area contributed by atoms with Crippen LogP contribution >= 0.6 is 11.3 Å². The van der Waals surface area contributed by atoms with Gasteiger partial charge in [0, 0.05) is 50.0 Å². The fourth-order valence-electron chi connectivity index (χ4n) is 4.65. The molecule has 0 saturated carbocycles. The maximum Gasteiger partial charge on any atom is 0.263 e. The molecule has 1 aromatic carbocycles. The Hall–Kier alpha value is -2.54. The van der Waals surface area contributed by atoms with E-state index in [1.165, 1.54) is 29.7 Å². The van der Waals surface area contributed by atoms with Gasteiger partial charge < -0.3 is 14.9 Å². The molecule has 2 N–H and O–H groups in total. The number of amides is 2. The Labute approximate surface area is 216 Å². The van der Waals surface area contributed by atoms with Crippen molar-refractivity contribution >= 4 is 44.0 Å². The molecule has 12 heteroatoms. The Morgan fingerprint density at radius 3 is 2.42 bits per heavy atom. The Bertz CT molecular complexity index is 1170. The molecule has 4 rings (SSSR count). The summed E-state index contributed by atoms with van der Waals surface area (Å²) in [6.07, 6.45) is 1.58. The molecule has 10 nitrogen and oxygen atoms in total. The number of rotatable bonds is 7. The molecular formula is C24H33N5O5S2. The lowest BCUT2D eigenvalue weighted by molar-refractivity contribution is -0.144. The third kappa shape index (κ3) is 6.05. The minimum atomic E-state index is -3.76. The van der Waals surface area contributed by atoms with Crippen molar-refractivity contribution in [3.63, 3.8) is 0 Å². The van der Waals surface area contributed by atoms with Gasteiger partial charge in [-0.1, -0.05) is 20.8 Å². The van der Waals surface area contributed by atoms with E-state index in [1.54, 1.807) is 27.3 Å². The molecule has 2 aliphatic rings. The lowest BCUT2D eigenvalue weighted by Gasteiger charge is -2.38. The Kier molecular flexibility index (Phi) is 7.69. The number of thiazole rings is 1. The average molecular weight is 536 g/mol. The van der Waals surface area contributed by atoms with Gasteiger partial charge in [0.05, 0.1) is 10.9 Å². The number of benzene rings is 1. The van der Waals surface area contributed by atoms with Crippen molar-refractivity contribution in [1.29, 1.82) is 0 Å². The van der Waals surface area contributed by atoms with Gasteiger partial charge in [0.2, 0.25) is 5.91 Å². The molecule has 2 saturated heterocycles. The second-order valence-electron chi connectivity index (χ2n) is 10.4. The van der Waals surface area contributed by atoms with Crippen molar-refractivity contribution in [3.05, 3.63) is 35.8 Å². The van der Waals surface area contributed by atoms with Crippen LogP contribution in [-0.2, 0) is 19.6 Å². The van der Waals surface area contributed by atoms with Crippen molar-refractivity contribution < 1.29 is 23.1 Å². The highest BCUT2D eigenvalue weighted by molar-refractivity contribution is 7.93. The number of carbonyl (C=O) groups excluding carboxylic acids is 2. The monoisotopic (exact) mass is 535 g/mol. The number of anilines is 2. The summed E-state index contributed by atoms with van der Waals surface area (Å²) in [6.45, 7) is 8.59. The lowest BCUT2D eigenvalue weighted by atomic mass is 9.89. The zero-order valence-corrected chi connectivity index (χ0v) is 22.4. The van der Waals surface area contributed by atoms with Gasteiger partial charge in [-0.05, 0) is 42.5 Å². The van der Waals surface area contributed by atoms with Gasteiger partial charge >= 0.3 is 0 Å². The summed E-state index contributed by atoms with van der Waals surface area (Å²) in [6, 6.07) is 5.98. The summed E-state index contributed by atoms with van der Waals surface area (Å²) in [4.78, 5) is 35.3. The molecule has 2 amide bonds. The van der Waals surface area contributed by atoms with Gasteiger partial charge in [0.15, 0.2) is 5.13 Å². The first-order valence-electron chi connectivity index (χ1n) is 12.0. The molecule has 36 heavy (non-hydrogen) atoms. The molecule has 3 heterocycles. The standard InChI is InChI=1S/C24H33N5O5S2/c1-24(2,3)16-20(30)22(32)28-13-11-27(12-14-28)19-8-10-29(21(19)31)17-4-6-18(7-5-17)36(33,34)26-23-25-9-15-35-23/h4-7,9,15,19-20,30H,8,10-14,16H2,1-3H3,(H,25,26)/t19-,20+/m0/s1. The highest BCUT2D eigenvalue weighted by atomic mass is 32.2. The molecule has 196 valence electrons. The SMILES string of the molecule is CC(C)(C)C[C@@H](O)C(=O)N1CCN([C@H]2CCN(c3ccc(S(=O)(=O)Nc4nccs4)cc3)C2=O)CC1. The van der Waals surface area contributed by atoms with E-state index >= 15 is 0 Å². The van der Waals surface area contributed by atoms with Crippen molar-refractivity contribution in [2.24, 2.45) is 5.41 Å². The van der Waals surface area contributed by atoms with Crippen LogP contribution in [0.1, 0.15) is 33.6 Å². The molecule has 0 spiro atoms. The number of aliphatic hydroxyl groups is 1. The molecule has 1 aromatic heterocycles. The van der Waals surface area contributed by atoms with Gasteiger partial charge in [-0.25, -0.2) is 13.4 Å². The number of aromatic nitrogens is 1. The summed E-state index contributed by atoms with van der Waals surface area (Å²) in [5.41, 5.74) is 0.506. The number of piperazine rings is 1. The number of sulfonamides is 1. The van der Waals surface area contributed by atoms with Crippen LogP contribution in [0.15, 0.2) is 40.7 Å². The molecule has 0 radical (unpaired) electrons. The van der Waals surface area contributed by atoms with E-state index in [4.69, 9.17) is 0 Å². The van der Waals surface area contributed by atoms with Gasteiger partial charge in [-0.3, -0.25) is 19.2 Å². The predicted molar refractivity (Wildman–Crippen MR) is 138 cm³/mol. The minimum Gasteiger partial charge on any atom is -0.383 e. The number of carbonyl (C=O) groups is 2. The smallest absolute Gasteiger partial charge is 0.263 e. The molecule has 2 atom stereocenters. The third-order valence-corrected chi connectivity index (χ3v) is 8.62. The first kappa shape index (κ1) is 26.5. The molecule has 2 aromatic rings. The first-order chi connectivity index (χ1) is 16.9.